The Morgan fingerprint density at radius 3 is 2.04 bits per heavy atom. The number of rotatable bonds is 6. The van der Waals surface area contributed by atoms with Crippen molar-refractivity contribution in [1.29, 1.82) is 0 Å². The molecule has 8 heteroatoms. The summed E-state index contributed by atoms with van der Waals surface area (Å²) in [6.07, 6.45) is 0.0152. The first-order chi connectivity index (χ1) is 11.4. The molecule has 3 N–H and O–H groups in total. The van der Waals surface area contributed by atoms with Gasteiger partial charge in [-0.15, -0.1) is 0 Å². The van der Waals surface area contributed by atoms with Crippen molar-refractivity contribution in [1.82, 2.24) is 10.6 Å². The van der Waals surface area contributed by atoms with Crippen LogP contribution in [0.4, 0.5) is 0 Å². The number of benzene rings is 1. The minimum absolute atomic E-state index is 0.0152. The van der Waals surface area contributed by atoms with Gasteiger partial charge in [0, 0.05) is 21.9 Å². The van der Waals surface area contributed by atoms with E-state index in [1.165, 1.54) is 13.0 Å². The van der Waals surface area contributed by atoms with Gasteiger partial charge in [0.25, 0.3) is 0 Å². The molecule has 6 nitrogen and oxygen atoms in total. The summed E-state index contributed by atoms with van der Waals surface area (Å²) < 4.78 is 0. The van der Waals surface area contributed by atoms with E-state index in [2.05, 4.69) is 10.6 Å². The Balaban J connectivity index is 2.79. The zero-order valence-electron chi connectivity index (χ0n) is 14.5. The van der Waals surface area contributed by atoms with Gasteiger partial charge in [-0.1, -0.05) is 44.0 Å². The Morgan fingerprint density at radius 2 is 1.60 bits per heavy atom. The fraction of sp³-hybridized carbons (Fsp3) is 0.471. The first-order valence-electron chi connectivity index (χ1n) is 7.69. The van der Waals surface area contributed by atoms with Crippen LogP contribution in [0.25, 0.3) is 0 Å². The van der Waals surface area contributed by atoms with Crippen molar-refractivity contribution in [3.8, 4) is 0 Å². The van der Waals surface area contributed by atoms with E-state index in [-0.39, 0.29) is 12.3 Å². The van der Waals surface area contributed by atoms with E-state index in [1.807, 2.05) is 0 Å². The highest BCUT2D eigenvalue weighted by molar-refractivity contribution is 6.34. The van der Waals surface area contributed by atoms with Gasteiger partial charge in [0.15, 0.2) is 0 Å². The molecule has 0 saturated carbocycles. The number of aliphatic carboxylic acids is 1. The molecule has 0 aliphatic heterocycles. The maximum absolute atomic E-state index is 12.2. The Labute approximate surface area is 156 Å². The number of hydrogen-bond donors (Lipinski definition) is 3. The molecule has 2 unspecified atom stereocenters. The minimum Gasteiger partial charge on any atom is -0.480 e. The van der Waals surface area contributed by atoms with Crippen LogP contribution in [0.1, 0.15) is 33.3 Å². The molecule has 0 saturated heterocycles. The predicted octanol–water partition coefficient (Wildman–Crippen LogP) is 2.66. The monoisotopic (exact) mass is 388 g/mol. The van der Waals surface area contributed by atoms with Crippen molar-refractivity contribution in [2.24, 2.45) is 5.41 Å². The number of carbonyl (C=O) groups excluding carboxylic acids is 2. The average molecular weight is 389 g/mol. The van der Waals surface area contributed by atoms with E-state index in [0.29, 0.717) is 15.6 Å². The summed E-state index contributed by atoms with van der Waals surface area (Å²) in [6.45, 7) is 6.65. The molecule has 0 bridgehead atoms. The van der Waals surface area contributed by atoms with Crippen LogP contribution >= 0.6 is 23.2 Å². The number of halogens is 2. The zero-order chi connectivity index (χ0) is 19.4. The van der Waals surface area contributed by atoms with E-state index in [1.54, 1.807) is 32.9 Å². The average Bonchev–Trinajstić information content (AvgIpc) is 2.43. The highest BCUT2D eigenvalue weighted by Gasteiger charge is 2.27. The van der Waals surface area contributed by atoms with Gasteiger partial charge in [0.2, 0.25) is 11.8 Å². The van der Waals surface area contributed by atoms with Crippen molar-refractivity contribution >= 4 is 41.0 Å². The molecule has 0 radical (unpaired) electrons. The predicted molar refractivity (Wildman–Crippen MR) is 96.8 cm³/mol. The largest absolute Gasteiger partial charge is 0.480 e. The Kier molecular flexibility index (Phi) is 7.26. The van der Waals surface area contributed by atoms with E-state index < -0.39 is 29.4 Å². The van der Waals surface area contributed by atoms with Crippen LogP contribution in [0.3, 0.4) is 0 Å². The molecule has 1 rings (SSSR count). The Bertz CT molecular complexity index is 651. The van der Waals surface area contributed by atoms with Crippen LogP contribution in [-0.4, -0.2) is 35.0 Å². The molecule has 2 amide bonds. The molecule has 138 valence electrons. The normalized spacial score (nSPS) is 13.7. The lowest BCUT2D eigenvalue weighted by atomic mass is 9.95. The van der Waals surface area contributed by atoms with Crippen molar-refractivity contribution in [3.63, 3.8) is 0 Å². The minimum atomic E-state index is -1.20. The van der Waals surface area contributed by atoms with Crippen molar-refractivity contribution in [2.75, 3.05) is 0 Å². The van der Waals surface area contributed by atoms with Crippen LogP contribution in [-0.2, 0) is 20.8 Å². The SMILES string of the molecule is CC(NC(=O)C(C)(C)C)C(=O)NC(Cc1cc(Cl)cc(Cl)c1)C(=O)O. The van der Waals surface area contributed by atoms with Gasteiger partial charge in [0.1, 0.15) is 12.1 Å². The molecule has 0 aliphatic carbocycles. The number of amides is 2. The van der Waals surface area contributed by atoms with Crippen LogP contribution in [0.5, 0.6) is 0 Å². The van der Waals surface area contributed by atoms with E-state index >= 15 is 0 Å². The lowest BCUT2D eigenvalue weighted by molar-refractivity contribution is -0.142. The summed E-state index contributed by atoms with van der Waals surface area (Å²) in [7, 11) is 0. The Hall–Kier alpha value is -1.79. The van der Waals surface area contributed by atoms with Gasteiger partial charge in [-0.2, -0.15) is 0 Å². The molecule has 25 heavy (non-hydrogen) atoms. The summed E-state index contributed by atoms with van der Waals surface area (Å²) in [5.41, 5.74) is -0.0743. The number of carbonyl (C=O) groups is 3. The zero-order valence-corrected chi connectivity index (χ0v) is 16.0. The number of carboxylic acids is 1. The van der Waals surface area contributed by atoms with Crippen molar-refractivity contribution in [2.45, 2.75) is 46.2 Å². The fourth-order valence-electron chi connectivity index (χ4n) is 1.94. The van der Waals surface area contributed by atoms with Crippen LogP contribution < -0.4 is 10.6 Å². The molecule has 0 aliphatic rings. The molecule has 0 aromatic heterocycles. The van der Waals surface area contributed by atoms with Crippen LogP contribution in [0, 0.1) is 5.41 Å². The lowest BCUT2D eigenvalue weighted by Gasteiger charge is -2.23. The summed E-state index contributed by atoms with van der Waals surface area (Å²) in [6, 6.07) is 2.67. The quantitative estimate of drug-likeness (QED) is 0.697. The van der Waals surface area contributed by atoms with Gasteiger partial charge in [-0.25, -0.2) is 4.79 Å². The van der Waals surface area contributed by atoms with E-state index in [0.717, 1.165) is 0 Å². The topological polar surface area (TPSA) is 95.5 Å². The number of nitrogens with one attached hydrogen (secondary N) is 2. The third-order valence-electron chi connectivity index (χ3n) is 3.40. The number of hydrogen-bond acceptors (Lipinski definition) is 3. The van der Waals surface area contributed by atoms with Gasteiger partial charge >= 0.3 is 5.97 Å². The van der Waals surface area contributed by atoms with Crippen LogP contribution in [0.2, 0.25) is 10.0 Å². The van der Waals surface area contributed by atoms with Gasteiger partial charge in [0.05, 0.1) is 0 Å². The lowest BCUT2D eigenvalue weighted by Crippen LogP contribution is -2.52. The van der Waals surface area contributed by atoms with E-state index in [9.17, 15) is 19.5 Å². The molecule has 0 fully saturated rings. The molecular formula is C17H22Cl2N2O4. The second-order valence-corrected chi connectivity index (χ2v) is 7.70. The maximum Gasteiger partial charge on any atom is 0.326 e. The molecule has 1 aromatic carbocycles. The van der Waals surface area contributed by atoms with E-state index in [4.69, 9.17) is 23.2 Å². The molecule has 2 atom stereocenters. The Morgan fingerprint density at radius 1 is 1.08 bits per heavy atom. The highest BCUT2D eigenvalue weighted by Crippen LogP contribution is 2.20. The second-order valence-electron chi connectivity index (χ2n) is 6.83. The highest BCUT2D eigenvalue weighted by atomic mass is 35.5. The third kappa shape index (κ3) is 6.92. The first kappa shape index (κ1) is 21.3. The van der Waals surface area contributed by atoms with Crippen molar-refractivity contribution in [3.05, 3.63) is 33.8 Å². The van der Waals surface area contributed by atoms with Crippen LogP contribution in [0.15, 0.2) is 18.2 Å². The second kappa shape index (κ2) is 8.54. The molecule has 0 spiro atoms. The molecule has 0 heterocycles. The smallest absolute Gasteiger partial charge is 0.326 e. The van der Waals surface area contributed by atoms with Gasteiger partial charge in [-0.3, -0.25) is 9.59 Å². The van der Waals surface area contributed by atoms with Gasteiger partial charge in [-0.05, 0) is 30.7 Å². The molecular weight excluding hydrogens is 367 g/mol. The summed E-state index contributed by atoms with van der Waals surface area (Å²) in [5, 5.41) is 15.1. The third-order valence-corrected chi connectivity index (χ3v) is 3.84. The fourth-order valence-corrected chi connectivity index (χ4v) is 2.51. The summed E-state index contributed by atoms with van der Waals surface area (Å²) >= 11 is 11.8. The summed E-state index contributed by atoms with van der Waals surface area (Å²) in [4.78, 5) is 35.6. The standard InChI is InChI=1S/C17H22Cl2N2O4/c1-9(20-16(25)17(2,3)4)14(22)21-13(15(23)24)7-10-5-11(18)8-12(19)6-10/h5-6,8-9,13H,7H2,1-4H3,(H,20,25)(H,21,22)(H,23,24). The maximum atomic E-state index is 12.2. The van der Waals surface area contributed by atoms with Gasteiger partial charge < -0.3 is 15.7 Å². The molecule has 1 aromatic rings. The number of carboxylic acid groups (broad SMARTS) is 1. The summed E-state index contributed by atoms with van der Waals surface area (Å²) in [5.74, 6) is -2.08. The first-order valence-corrected chi connectivity index (χ1v) is 8.45. The van der Waals surface area contributed by atoms with Crippen molar-refractivity contribution < 1.29 is 19.5 Å².